The van der Waals surface area contributed by atoms with Crippen molar-refractivity contribution in [1.82, 2.24) is 9.78 Å². The van der Waals surface area contributed by atoms with E-state index in [1.807, 2.05) is 23.9 Å². The molecule has 1 rings (SSSR count). The molecule has 0 amide bonds. The van der Waals surface area contributed by atoms with E-state index >= 15 is 0 Å². The van der Waals surface area contributed by atoms with Gasteiger partial charge in [-0.15, -0.1) is 0 Å². The normalized spacial score (nSPS) is 10.2. The van der Waals surface area contributed by atoms with Crippen LogP contribution in [0.4, 0.5) is 0 Å². The predicted molar refractivity (Wildman–Crippen MR) is 40.6 cm³/mol. The zero-order valence-corrected chi connectivity index (χ0v) is 6.25. The molecule has 0 aliphatic rings. The van der Waals surface area contributed by atoms with Crippen molar-refractivity contribution in [2.24, 2.45) is 5.73 Å². The summed E-state index contributed by atoms with van der Waals surface area (Å²) in [5, 5.41) is 4.21. The Labute approximate surface area is 60.8 Å². The molecule has 3 nitrogen and oxygen atoms in total. The quantitative estimate of drug-likeness (QED) is 0.664. The summed E-state index contributed by atoms with van der Waals surface area (Å²) < 4.78 is 1.92. The third kappa shape index (κ3) is 1.84. The maximum atomic E-state index is 5.34. The molecular weight excluding hydrogens is 126 g/mol. The highest BCUT2D eigenvalue weighted by atomic mass is 15.3. The van der Waals surface area contributed by atoms with Gasteiger partial charge in [-0.25, -0.2) is 0 Å². The largest absolute Gasteiger partial charge is 0.330 e. The van der Waals surface area contributed by atoms with Crippen molar-refractivity contribution >= 4 is 0 Å². The van der Waals surface area contributed by atoms with Crippen LogP contribution in [0.5, 0.6) is 0 Å². The Bertz CT molecular complexity index is 192. The molecule has 0 saturated heterocycles. The van der Waals surface area contributed by atoms with E-state index in [1.54, 1.807) is 0 Å². The Kier molecular flexibility index (Phi) is 2.45. The van der Waals surface area contributed by atoms with Gasteiger partial charge in [-0.1, -0.05) is 0 Å². The summed E-state index contributed by atoms with van der Waals surface area (Å²) in [6, 6.07) is 2.00. The summed E-state index contributed by atoms with van der Waals surface area (Å²) in [6.45, 7) is 3.65. The number of aryl methyl sites for hydroxylation is 2. The molecule has 1 heterocycles. The lowest BCUT2D eigenvalue weighted by atomic mass is 10.4. The molecule has 0 bridgehead atoms. The zero-order valence-electron chi connectivity index (χ0n) is 6.25. The van der Waals surface area contributed by atoms with Crippen LogP contribution >= 0.6 is 0 Å². The first-order chi connectivity index (χ1) is 4.83. The van der Waals surface area contributed by atoms with E-state index in [1.165, 1.54) is 0 Å². The Balaban J connectivity index is 2.42. The van der Waals surface area contributed by atoms with Crippen molar-refractivity contribution in [2.45, 2.75) is 19.9 Å². The van der Waals surface area contributed by atoms with Crippen molar-refractivity contribution in [3.05, 3.63) is 18.0 Å². The van der Waals surface area contributed by atoms with E-state index in [2.05, 4.69) is 5.10 Å². The van der Waals surface area contributed by atoms with Crippen LogP contribution in [0.25, 0.3) is 0 Å². The second-order valence-electron chi connectivity index (χ2n) is 2.36. The third-order valence-corrected chi connectivity index (χ3v) is 1.37. The summed E-state index contributed by atoms with van der Waals surface area (Å²) in [7, 11) is 0. The smallest absolute Gasteiger partial charge is 0.0593 e. The van der Waals surface area contributed by atoms with E-state index in [4.69, 9.17) is 5.73 Å². The Hall–Kier alpha value is -0.830. The second kappa shape index (κ2) is 3.37. The third-order valence-electron chi connectivity index (χ3n) is 1.37. The van der Waals surface area contributed by atoms with Gasteiger partial charge in [0.1, 0.15) is 0 Å². The first kappa shape index (κ1) is 7.28. The van der Waals surface area contributed by atoms with Gasteiger partial charge in [0.2, 0.25) is 0 Å². The molecule has 1 aromatic heterocycles. The number of nitrogens with zero attached hydrogens (tertiary/aromatic N) is 2. The molecule has 0 aliphatic heterocycles. The minimum atomic E-state index is 0.735. The van der Waals surface area contributed by atoms with Crippen LogP contribution < -0.4 is 5.73 Å². The number of rotatable bonds is 3. The highest BCUT2D eigenvalue weighted by Crippen LogP contribution is 1.92. The molecule has 2 N–H and O–H groups in total. The molecule has 56 valence electrons. The Morgan fingerprint density at radius 3 is 3.00 bits per heavy atom. The van der Waals surface area contributed by atoms with Gasteiger partial charge in [0.25, 0.3) is 0 Å². The molecule has 0 spiro atoms. The van der Waals surface area contributed by atoms with Crippen LogP contribution in [0.2, 0.25) is 0 Å². The van der Waals surface area contributed by atoms with E-state index in [0.717, 1.165) is 25.2 Å². The standard InChI is InChI=1S/C7H13N3/c1-7-3-6-10(9-7)5-2-4-8/h3,6H,2,4-5,8H2,1H3. The van der Waals surface area contributed by atoms with Gasteiger partial charge in [-0.2, -0.15) is 5.10 Å². The lowest BCUT2D eigenvalue weighted by Gasteiger charge is -1.96. The van der Waals surface area contributed by atoms with Crippen molar-refractivity contribution in [3.63, 3.8) is 0 Å². The first-order valence-electron chi connectivity index (χ1n) is 3.53. The van der Waals surface area contributed by atoms with E-state index in [9.17, 15) is 0 Å². The summed E-state index contributed by atoms with van der Waals surface area (Å²) >= 11 is 0. The highest BCUT2D eigenvalue weighted by Gasteiger charge is 1.90. The SMILES string of the molecule is Cc1ccn(CCCN)n1. The van der Waals surface area contributed by atoms with Gasteiger partial charge >= 0.3 is 0 Å². The Morgan fingerprint density at radius 2 is 2.50 bits per heavy atom. The Morgan fingerprint density at radius 1 is 1.70 bits per heavy atom. The second-order valence-corrected chi connectivity index (χ2v) is 2.36. The van der Waals surface area contributed by atoms with Gasteiger partial charge in [0.05, 0.1) is 5.69 Å². The topological polar surface area (TPSA) is 43.8 Å². The molecule has 0 radical (unpaired) electrons. The fourth-order valence-electron chi connectivity index (χ4n) is 0.841. The minimum Gasteiger partial charge on any atom is -0.330 e. The minimum absolute atomic E-state index is 0.735. The lowest BCUT2D eigenvalue weighted by Crippen LogP contribution is -2.05. The van der Waals surface area contributed by atoms with Crippen molar-refractivity contribution in [1.29, 1.82) is 0 Å². The van der Waals surface area contributed by atoms with Crippen molar-refractivity contribution in [3.8, 4) is 0 Å². The van der Waals surface area contributed by atoms with Crippen LogP contribution in [-0.2, 0) is 6.54 Å². The monoisotopic (exact) mass is 139 g/mol. The van der Waals surface area contributed by atoms with E-state index in [-0.39, 0.29) is 0 Å². The van der Waals surface area contributed by atoms with Crippen LogP contribution in [0.3, 0.4) is 0 Å². The molecule has 1 aromatic rings. The van der Waals surface area contributed by atoms with Crippen molar-refractivity contribution < 1.29 is 0 Å². The van der Waals surface area contributed by atoms with E-state index in [0.29, 0.717) is 0 Å². The van der Waals surface area contributed by atoms with Crippen LogP contribution in [0, 0.1) is 6.92 Å². The van der Waals surface area contributed by atoms with Gasteiger partial charge < -0.3 is 5.73 Å². The van der Waals surface area contributed by atoms with Gasteiger partial charge in [-0.3, -0.25) is 4.68 Å². The number of nitrogens with two attached hydrogens (primary N) is 1. The summed E-state index contributed by atoms with van der Waals surface area (Å²) in [5.41, 5.74) is 6.41. The molecule has 0 saturated carbocycles. The van der Waals surface area contributed by atoms with E-state index < -0.39 is 0 Å². The zero-order chi connectivity index (χ0) is 7.40. The molecule has 0 fully saturated rings. The number of hydrogen-bond donors (Lipinski definition) is 1. The van der Waals surface area contributed by atoms with Crippen molar-refractivity contribution in [2.75, 3.05) is 6.54 Å². The van der Waals surface area contributed by atoms with Gasteiger partial charge in [0, 0.05) is 12.7 Å². The summed E-state index contributed by atoms with van der Waals surface area (Å²) in [4.78, 5) is 0. The number of aromatic nitrogens is 2. The predicted octanol–water partition coefficient (Wildman–Crippen LogP) is 0.540. The average Bonchev–Trinajstić information content (AvgIpc) is 2.31. The molecule has 0 atom stereocenters. The average molecular weight is 139 g/mol. The molecule has 10 heavy (non-hydrogen) atoms. The van der Waals surface area contributed by atoms with Crippen LogP contribution in [0.15, 0.2) is 12.3 Å². The lowest BCUT2D eigenvalue weighted by molar-refractivity contribution is 0.581. The maximum absolute atomic E-state index is 5.34. The molecule has 3 heteroatoms. The molecular formula is C7H13N3. The van der Waals surface area contributed by atoms with Crippen LogP contribution in [0.1, 0.15) is 12.1 Å². The maximum Gasteiger partial charge on any atom is 0.0593 e. The van der Waals surface area contributed by atoms with Crippen LogP contribution in [-0.4, -0.2) is 16.3 Å². The summed E-state index contributed by atoms with van der Waals surface area (Å²) in [5.74, 6) is 0. The molecule has 0 unspecified atom stereocenters. The van der Waals surface area contributed by atoms with Gasteiger partial charge in [-0.05, 0) is 26.0 Å². The van der Waals surface area contributed by atoms with Gasteiger partial charge in [0.15, 0.2) is 0 Å². The first-order valence-corrected chi connectivity index (χ1v) is 3.53. The summed E-state index contributed by atoms with van der Waals surface area (Å²) in [6.07, 6.45) is 2.98. The molecule has 0 aliphatic carbocycles. The fourth-order valence-corrected chi connectivity index (χ4v) is 0.841. The highest BCUT2D eigenvalue weighted by molar-refractivity contribution is 4.94. The fraction of sp³-hybridized carbons (Fsp3) is 0.571. The molecule has 0 aromatic carbocycles. The number of hydrogen-bond acceptors (Lipinski definition) is 2.